The topological polar surface area (TPSA) is 74.6 Å². The minimum absolute atomic E-state index is 0. The van der Waals surface area contributed by atoms with Crippen LogP contribution < -0.4 is 10.1 Å². The minimum Gasteiger partial charge on any atom is -0.491 e. The van der Waals surface area contributed by atoms with Gasteiger partial charge in [0.25, 0.3) is 0 Å². The number of nitrogens with zero attached hydrogens (tertiary/aromatic N) is 1. The number of rotatable bonds is 7. The van der Waals surface area contributed by atoms with Crippen molar-refractivity contribution in [2.45, 2.75) is 50.7 Å². The van der Waals surface area contributed by atoms with E-state index in [1.54, 1.807) is 12.4 Å². The summed E-state index contributed by atoms with van der Waals surface area (Å²) in [6.07, 6.45) is 8.59. The molecule has 3 rings (SSSR count). The summed E-state index contributed by atoms with van der Waals surface area (Å²) in [6.45, 7) is 2.29. The Hall–Kier alpha value is -0.590. The number of hydrogen-bond acceptors (Lipinski definition) is 5. The lowest BCUT2D eigenvalue weighted by Gasteiger charge is -2.30. The van der Waals surface area contributed by atoms with Crippen molar-refractivity contribution in [3.05, 3.63) is 24.5 Å². The van der Waals surface area contributed by atoms with Gasteiger partial charge < -0.3 is 20.3 Å². The summed E-state index contributed by atoms with van der Waals surface area (Å²) < 4.78 is 5.89. The molecule has 1 unspecified atom stereocenters. The fourth-order valence-electron chi connectivity index (χ4n) is 3.98. The number of aromatic nitrogens is 1. The van der Waals surface area contributed by atoms with Crippen molar-refractivity contribution in [3.63, 3.8) is 0 Å². The molecule has 0 aromatic carbocycles. The second-order valence-electron chi connectivity index (χ2n) is 7.30. The second-order valence-corrected chi connectivity index (χ2v) is 7.30. The van der Waals surface area contributed by atoms with Gasteiger partial charge in [-0.05, 0) is 50.3 Å². The van der Waals surface area contributed by atoms with Crippen LogP contribution >= 0.6 is 24.8 Å². The van der Waals surface area contributed by atoms with Gasteiger partial charge in [0.15, 0.2) is 0 Å². The quantitative estimate of drug-likeness (QED) is 0.664. The van der Waals surface area contributed by atoms with Gasteiger partial charge in [-0.15, -0.1) is 24.8 Å². The molecule has 0 radical (unpaired) electrons. The monoisotopic (exact) mass is 392 g/mol. The second kappa shape index (κ2) is 10.5. The predicted molar refractivity (Wildman–Crippen MR) is 103 cm³/mol. The molecule has 5 nitrogen and oxygen atoms in total. The SMILES string of the molecule is Cl.Cl.O[C@@H]1CC(CNCC2CCCC2)(COc2cccnc2)C[C@@H]1O. The number of hydrogen-bond donors (Lipinski definition) is 3. The molecular formula is C18H30Cl2N2O3. The van der Waals surface area contributed by atoms with Crippen LogP contribution in [-0.2, 0) is 0 Å². The van der Waals surface area contributed by atoms with E-state index in [2.05, 4.69) is 10.3 Å². The third-order valence-corrected chi connectivity index (χ3v) is 5.32. The molecule has 0 amide bonds. The normalized spacial score (nSPS) is 29.0. The maximum Gasteiger partial charge on any atom is 0.137 e. The van der Waals surface area contributed by atoms with E-state index in [9.17, 15) is 10.2 Å². The molecule has 3 N–H and O–H groups in total. The van der Waals surface area contributed by atoms with Crippen molar-refractivity contribution in [1.82, 2.24) is 10.3 Å². The van der Waals surface area contributed by atoms with Crippen molar-refractivity contribution in [3.8, 4) is 5.75 Å². The predicted octanol–water partition coefficient (Wildman–Crippen LogP) is 2.59. The third-order valence-electron chi connectivity index (χ3n) is 5.32. The van der Waals surface area contributed by atoms with Crippen molar-refractivity contribution in [2.24, 2.45) is 11.3 Å². The van der Waals surface area contributed by atoms with E-state index in [0.29, 0.717) is 19.4 Å². The van der Waals surface area contributed by atoms with Gasteiger partial charge in [-0.1, -0.05) is 12.8 Å². The van der Waals surface area contributed by atoms with Crippen LogP contribution in [0, 0.1) is 11.3 Å². The van der Waals surface area contributed by atoms with Gasteiger partial charge >= 0.3 is 0 Å². The molecule has 0 aliphatic heterocycles. The zero-order valence-corrected chi connectivity index (χ0v) is 16.1. The Morgan fingerprint density at radius 1 is 1.16 bits per heavy atom. The molecule has 2 fully saturated rings. The molecule has 2 aliphatic carbocycles. The Balaban J connectivity index is 0.00000156. The number of halogens is 2. The summed E-state index contributed by atoms with van der Waals surface area (Å²) >= 11 is 0. The molecule has 1 heterocycles. The zero-order valence-electron chi connectivity index (χ0n) is 14.5. The number of aliphatic hydroxyl groups is 2. The molecule has 7 heteroatoms. The average molecular weight is 393 g/mol. The Bertz CT molecular complexity index is 476. The van der Waals surface area contributed by atoms with Gasteiger partial charge in [0, 0.05) is 18.2 Å². The van der Waals surface area contributed by atoms with E-state index < -0.39 is 12.2 Å². The van der Waals surface area contributed by atoms with Crippen LogP contribution in [0.3, 0.4) is 0 Å². The molecule has 25 heavy (non-hydrogen) atoms. The van der Waals surface area contributed by atoms with Gasteiger partial charge in [0.05, 0.1) is 25.0 Å². The lowest BCUT2D eigenvalue weighted by molar-refractivity contribution is 0.0438. The summed E-state index contributed by atoms with van der Waals surface area (Å²) in [6, 6.07) is 3.73. The van der Waals surface area contributed by atoms with Crippen LogP contribution in [-0.4, -0.2) is 47.1 Å². The van der Waals surface area contributed by atoms with Crippen molar-refractivity contribution in [1.29, 1.82) is 0 Å². The van der Waals surface area contributed by atoms with Crippen LogP contribution in [0.15, 0.2) is 24.5 Å². The van der Waals surface area contributed by atoms with Gasteiger partial charge in [0.2, 0.25) is 0 Å². The first-order valence-electron chi connectivity index (χ1n) is 8.77. The van der Waals surface area contributed by atoms with Gasteiger partial charge in [-0.25, -0.2) is 0 Å². The first-order chi connectivity index (χ1) is 11.2. The van der Waals surface area contributed by atoms with Crippen molar-refractivity contribution in [2.75, 3.05) is 19.7 Å². The average Bonchev–Trinajstić information content (AvgIpc) is 3.16. The Kier molecular flexibility index (Phi) is 9.46. The standard InChI is InChI=1S/C18H28N2O3.2ClH/c21-16-8-18(9-17(16)22,12-20-10-14-4-1-2-5-14)13-23-15-6-3-7-19-11-15;;/h3,6-7,11,14,16-17,20-22H,1-2,4-5,8-10,12-13H2;2*1H/t16-,17+,18?;;. The Morgan fingerprint density at radius 2 is 1.84 bits per heavy atom. The van der Waals surface area contributed by atoms with Gasteiger partial charge in [-0.2, -0.15) is 0 Å². The highest BCUT2D eigenvalue weighted by Crippen LogP contribution is 2.38. The molecule has 0 saturated heterocycles. The fraction of sp³-hybridized carbons (Fsp3) is 0.722. The summed E-state index contributed by atoms with van der Waals surface area (Å²) in [5.41, 5.74) is -0.215. The highest BCUT2D eigenvalue weighted by Gasteiger charge is 2.44. The maximum atomic E-state index is 10.00. The summed E-state index contributed by atoms with van der Waals surface area (Å²) in [5, 5.41) is 23.6. The maximum absolute atomic E-state index is 10.00. The van der Waals surface area contributed by atoms with E-state index in [4.69, 9.17) is 4.74 Å². The van der Waals surface area contributed by atoms with E-state index in [1.807, 2.05) is 12.1 Å². The van der Waals surface area contributed by atoms with E-state index in [-0.39, 0.29) is 30.2 Å². The molecule has 2 aliphatic rings. The van der Waals surface area contributed by atoms with Crippen LogP contribution in [0.5, 0.6) is 5.75 Å². The summed E-state index contributed by atoms with van der Waals surface area (Å²) in [5.74, 6) is 1.51. The van der Waals surface area contributed by atoms with Crippen molar-refractivity contribution < 1.29 is 14.9 Å². The number of nitrogens with one attached hydrogen (secondary N) is 1. The lowest BCUT2D eigenvalue weighted by atomic mass is 9.86. The Morgan fingerprint density at radius 3 is 2.44 bits per heavy atom. The number of ether oxygens (including phenoxy) is 1. The largest absolute Gasteiger partial charge is 0.491 e. The van der Waals surface area contributed by atoms with E-state index in [1.165, 1.54) is 25.7 Å². The summed E-state index contributed by atoms with van der Waals surface area (Å²) in [7, 11) is 0. The number of pyridine rings is 1. The first kappa shape index (κ1) is 22.5. The van der Waals surface area contributed by atoms with Crippen LogP contribution in [0.1, 0.15) is 38.5 Å². The highest BCUT2D eigenvalue weighted by molar-refractivity contribution is 5.85. The first-order valence-corrected chi connectivity index (χ1v) is 8.77. The molecule has 144 valence electrons. The molecule has 3 atom stereocenters. The molecular weight excluding hydrogens is 363 g/mol. The van der Waals surface area contributed by atoms with Crippen LogP contribution in [0.4, 0.5) is 0 Å². The highest BCUT2D eigenvalue weighted by atomic mass is 35.5. The lowest BCUT2D eigenvalue weighted by Crippen LogP contribution is -2.39. The minimum atomic E-state index is -0.652. The zero-order chi connectivity index (χ0) is 16.1. The molecule has 2 saturated carbocycles. The van der Waals surface area contributed by atoms with Crippen LogP contribution in [0.25, 0.3) is 0 Å². The third kappa shape index (κ3) is 6.26. The molecule has 0 bridgehead atoms. The van der Waals surface area contributed by atoms with Crippen LogP contribution in [0.2, 0.25) is 0 Å². The van der Waals surface area contributed by atoms with Gasteiger partial charge in [0.1, 0.15) is 5.75 Å². The summed E-state index contributed by atoms with van der Waals surface area (Å²) in [4.78, 5) is 4.06. The molecule has 1 aromatic rings. The molecule has 0 spiro atoms. The fourth-order valence-corrected chi connectivity index (χ4v) is 3.98. The molecule has 1 aromatic heterocycles. The Labute approximate surface area is 162 Å². The van der Waals surface area contributed by atoms with Crippen molar-refractivity contribution >= 4 is 24.8 Å². The number of aliphatic hydroxyl groups excluding tert-OH is 2. The van der Waals surface area contributed by atoms with Gasteiger partial charge in [-0.3, -0.25) is 4.98 Å². The van der Waals surface area contributed by atoms with E-state index >= 15 is 0 Å². The van der Waals surface area contributed by atoms with E-state index in [0.717, 1.165) is 24.8 Å². The smallest absolute Gasteiger partial charge is 0.137 e.